The highest BCUT2D eigenvalue weighted by atomic mass is 16.5. The number of hydrogen-bond donors (Lipinski definition) is 1. The molecule has 1 rings (SSSR count). The van der Waals surface area contributed by atoms with Gasteiger partial charge in [-0.2, -0.15) is 0 Å². The van der Waals surface area contributed by atoms with E-state index in [1.54, 1.807) is 0 Å². The minimum atomic E-state index is 0.200. The van der Waals surface area contributed by atoms with Crippen LogP contribution in [0, 0.1) is 6.92 Å². The van der Waals surface area contributed by atoms with Crippen molar-refractivity contribution in [2.45, 2.75) is 26.4 Å². The van der Waals surface area contributed by atoms with Crippen LogP contribution in [-0.4, -0.2) is 12.6 Å². The molecule has 1 aromatic rings. The second kappa shape index (κ2) is 4.87. The van der Waals surface area contributed by atoms with Crippen molar-refractivity contribution >= 4 is 0 Å². The summed E-state index contributed by atoms with van der Waals surface area (Å²) in [4.78, 5) is 0. The molecule has 0 saturated heterocycles. The van der Waals surface area contributed by atoms with Crippen molar-refractivity contribution in [3.8, 4) is 5.75 Å². The predicted octanol–water partition coefficient (Wildman–Crippen LogP) is 2.11. The second-order valence-electron chi connectivity index (χ2n) is 3.27. The molecular formula is C11H17NO. The molecule has 2 heteroatoms. The van der Waals surface area contributed by atoms with Crippen molar-refractivity contribution in [1.82, 2.24) is 0 Å². The van der Waals surface area contributed by atoms with Crippen molar-refractivity contribution in [3.05, 3.63) is 29.8 Å². The molecule has 0 aromatic heterocycles. The van der Waals surface area contributed by atoms with Gasteiger partial charge in [0.2, 0.25) is 0 Å². The first-order valence-corrected chi connectivity index (χ1v) is 4.66. The van der Waals surface area contributed by atoms with Gasteiger partial charge in [0.1, 0.15) is 5.75 Å². The summed E-state index contributed by atoms with van der Waals surface area (Å²) < 4.78 is 5.71. The lowest BCUT2D eigenvalue weighted by Crippen LogP contribution is -2.17. The van der Waals surface area contributed by atoms with Crippen LogP contribution >= 0.6 is 0 Å². The number of ether oxygens (including phenoxy) is 1. The predicted molar refractivity (Wildman–Crippen MR) is 54.9 cm³/mol. The molecule has 0 spiro atoms. The fourth-order valence-corrected chi connectivity index (χ4v) is 1.20. The molecule has 1 aromatic carbocycles. The van der Waals surface area contributed by atoms with Gasteiger partial charge in [0, 0.05) is 0 Å². The number of para-hydroxylation sites is 1. The molecule has 0 heterocycles. The average Bonchev–Trinajstić information content (AvgIpc) is 2.09. The van der Waals surface area contributed by atoms with Crippen molar-refractivity contribution in [2.24, 2.45) is 5.73 Å². The van der Waals surface area contributed by atoms with Gasteiger partial charge in [-0.1, -0.05) is 18.2 Å². The highest BCUT2D eigenvalue weighted by molar-refractivity contribution is 5.31. The van der Waals surface area contributed by atoms with Crippen LogP contribution in [-0.2, 0) is 0 Å². The summed E-state index contributed by atoms with van der Waals surface area (Å²) in [5.41, 5.74) is 6.61. The summed E-state index contributed by atoms with van der Waals surface area (Å²) in [7, 11) is 0. The molecule has 13 heavy (non-hydrogen) atoms. The third kappa shape index (κ3) is 3.07. The van der Waals surface area contributed by atoms with E-state index in [1.807, 2.05) is 38.1 Å². The zero-order valence-corrected chi connectivity index (χ0v) is 8.29. The summed E-state index contributed by atoms with van der Waals surface area (Å²) in [6.45, 7) is 4.76. The molecule has 0 aliphatic heterocycles. The lowest BCUT2D eigenvalue weighted by Gasteiger charge is -2.15. The van der Waals surface area contributed by atoms with E-state index in [1.165, 1.54) is 5.56 Å². The SMILES string of the molecule is Cc1ccccc1OC(C)CCN. The molecule has 1 atom stereocenters. The topological polar surface area (TPSA) is 35.2 Å². The Balaban J connectivity index is 2.58. The van der Waals surface area contributed by atoms with E-state index in [9.17, 15) is 0 Å². The number of hydrogen-bond acceptors (Lipinski definition) is 2. The van der Waals surface area contributed by atoms with Crippen molar-refractivity contribution in [3.63, 3.8) is 0 Å². The molecule has 0 amide bonds. The zero-order chi connectivity index (χ0) is 9.68. The Morgan fingerprint density at radius 1 is 1.38 bits per heavy atom. The van der Waals surface area contributed by atoms with E-state index in [0.717, 1.165) is 12.2 Å². The summed E-state index contributed by atoms with van der Waals surface area (Å²) in [5, 5.41) is 0. The van der Waals surface area contributed by atoms with E-state index in [2.05, 4.69) is 0 Å². The Labute approximate surface area is 79.7 Å². The van der Waals surface area contributed by atoms with Gasteiger partial charge in [0.15, 0.2) is 0 Å². The van der Waals surface area contributed by atoms with Crippen LogP contribution in [0.25, 0.3) is 0 Å². The fourth-order valence-electron chi connectivity index (χ4n) is 1.20. The summed E-state index contributed by atoms with van der Waals surface area (Å²) in [6.07, 6.45) is 1.10. The number of aryl methyl sites for hydroxylation is 1. The molecule has 2 nitrogen and oxygen atoms in total. The first-order chi connectivity index (χ1) is 6.24. The Morgan fingerprint density at radius 2 is 2.08 bits per heavy atom. The molecule has 0 aliphatic carbocycles. The maximum atomic E-state index is 5.71. The van der Waals surface area contributed by atoms with Gasteiger partial charge >= 0.3 is 0 Å². The lowest BCUT2D eigenvalue weighted by molar-refractivity contribution is 0.212. The highest BCUT2D eigenvalue weighted by Gasteiger charge is 2.03. The van der Waals surface area contributed by atoms with Crippen molar-refractivity contribution in [2.75, 3.05) is 6.54 Å². The minimum Gasteiger partial charge on any atom is -0.490 e. The number of benzene rings is 1. The molecule has 72 valence electrons. The lowest BCUT2D eigenvalue weighted by atomic mass is 10.2. The third-order valence-corrected chi connectivity index (χ3v) is 1.99. The van der Waals surface area contributed by atoms with Crippen LogP contribution in [0.3, 0.4) is 0 Å². The Kier molecular flexibility index (Phi) is 3.77. The van der Waals surface area contributed by atoms with Gasteiger partial charge in [-0.05, 0) is 38.4 Å². The molecule has 0 aliphatic rings. The van der Waals surface area contributed by atoms with Gasteiger partial charge in [-0.25, -0.2) is 0 Å². The molecule has 0 bridgehead atoms. The Hall–Kier alpha value is -1.02. The van der Waals surface area contributed by atoms with Crippen molar-refractivity contribution < 1.29 is 4.74 Å². The van der Waals surface area contributed by atoms with E-state index >= 15 is 0 Å². The summed E-state index contributed by atoms with van der Waals surface area (Å²) in [5.74, 6) is 0.962. The van der Waals surface area contributed by atoms with E-state index in [4.69, 9.17) is 10.5 Å². The minimum absolute atomic E-state index is 0.200. The van der Waals surface area contributed by atoms with Crippen LogP contribution in [0.1, 0.15) is 18.9 Å². The van der Waals surface area contributed by atoms with Crippen LogP contribution in [0.5, 0.6) is 5.75 Å². The second-order valence-corrected chi connectivity index (χ2v) is 3.27. The molecular weight excluding hydrogens is 162 g/mol. The molecule has 1 unspecified atom stereocenters. The first kappa shape index (κ1) is 10.1. The quantitative estimate of drug-likeness (QED) is 0.768. The number of rotatable bonds is 4. The van der Waals surface area contributed by atoms with Crippen LogP contribution in [0.15, 0.2) is 24.3 Å². The normalized spacial score (nSPS) is 12.5. The standard InChI is InChI=1S/C11H17NO/c1-9-5-3-4-6-11(9)13-10(2)7-8-12/h3-6,10H,7-8,12H2,1-2H3. The van der Waals surface area contributed by atoms with Crippen LogP contribution < -0.4 is 10.5 Å². The molecule has 0 fully saturated rings. The Bertz CT molecular complexity index is 260. The molecule has 0 radical (unpaired) electrons. The summed E-state index contributed by atoms with van der Waals surface area (Å²) >= 11 is 0. The maximum absolute atomic E-state index is 5.71. The van der Waals surface area contributed by atoms with Crippen LogP contribution in [0.2, 0.25) is 0 Å². The van der Waals surface area contributed by atoms with Gasteiger partial charge in [0.25, 0.3) is 0 Å². The molecule has 0 saturated carbocycles. The van der Waals surface area contributed by atoms with Crippen LogP contribution in [0.4, 0.5) is 0 Å². The Morgan fingerprint density at radius 3 is 2.69 bits per heavy atom. The van der Waals surface area contributed by atoms with Gasteiger partial charge in [0.05, 0.1) is 6.10 Å². The first-order valence-electron chi connectivity index (χ1n) is 4.66. The van der Waals surface area contributed by atoms with Gasteiger partial charge < -0.3 is 10.5 Å². The van der Waals surface area contributed by atoms with E-state index < -0.39 is 0 Å². The van der Waals surface area contributed by atoms with Crippen molar-refractivity contribution in [1.29, 1.82) is 0 Å². The van der Waals surface area contributed by atoms with Gasteiger partial charge in [-0.3, -0.25) is 0 Å². The average molecular weight is 179 g/mol. The largest absolute Gasteiger partial charge is 0.490 e. The summed E-state index contributed by atoms with van der Waals surface area (Å²) in [6, 6.07) is 8.03. The highest BCUT2D eigenvalue weighted by Crippen LogP contribution is 2.18. The van der Waals surface area contributed by atoms with Gasteiger partial charge in [-0.15, -0.1) is 0 Å². The third-order valence-electron chi connectivity index (χ3n) is 1.99. The fraction of sp³-hybridized carbons (Fsp3) is 0.455. The molecule has 2 N–H and O–H groups in total. The monoisotopic (exact) mass is 179 g/mol. The van der Waals surface area contributed by atoms with E-state index in [-0.39, 0.29) is 6.10 Å². The smallest absolute Gasteiger partial charge is 0.122 e. The zero-order valence-electron chi connectivity index (χ0n) is 8.29. The van der Waals surface area contributed by atoms with E-state index in [0.29, 0.717) is 6.54 Å². The maximum Gasteiger partial charge on any atom is 0.122 e. The number of nitrogens with two attached hydrogens (primary N) is 1.